The van der Waals surface area contributed by atoms with Crippen LogP contribution < -0.4 is 5.32 Å². The fraction of sp³-hybridized carbons (Fsp3) is 0.263. The van der Waals surface area contributed by atoms with Crippen molar-refractivity contribution < 1.29 is 18.4 Å². The Kier molecular flexibility index (Phi) is 4.46. The third kappa shape index (κ3) is 3.22. The first-order chi connectivity index (χ1) is 12.6. The second-order valence-electron chi connectivity index (χ2n) is 6.31. The Balaban J connectivity index is 1.37. The van der Waals surface area contributed by atoms with Gasteiger partial charge in [-0.3, -0.25) is 9.59 Å². The fourth-order valence-corrected chi connectivity index (χ4v) is 4.17. The Labute approximate surface area is 153 Å². The van der Waals surface area contributed by atoms with E-state index in [1.54, 1.807) is 29.2 Å². The number of piperidine rings is 1. The monoisotopic (exact) mass is 372 g/mol. The number of thiophene rings is 1. The maximum Gasteiger partial charge on any atom is 0.261 e. The van der Waals surface area contributed by atoms with Crippen LogP contribution in [0.3, 0.4) is 0 Å². The predicted molar refractivity (Wildman–Crippen MR) is 96.9 cm³/mol. The Morgan fingerprint density at radius 3 is 2.73 bits per heavy atom. The highest BCUT2D eigenvalue weighted by Crippen LogP contribution is 2.28. The highest BCUT2D eigenvalue weighted by Gasteiger charge is 2.25. The first kappa shape index (κ1) is 16.8. The zero-order chi connectivity index (χ0) is 18.1. The summed E-state index contributed by atoms with van der Waals surface area (Å²) in [6.07, 6.45) is 4.30. The summed E-state index contributed by atoms with van der Waals surface area (Å²) >= 11 is 1.28. The standard InChI is InChI=1S/C19H17FN2O3S/c20-15-2-1-3-16-14(15)10-17(26-16)18(23)21-13-4-7-22(8-5-13)19(24)12-6-9-25-11-12/h1-3,6,9-11,13H,4-5,7-8H2,(H,21,23). The van der Waals surface area contributed by atoms with E-state index in [9.17, 15) is 14.0 Å². The van der Waals surface area contributed by atoms with Gasteiger partial charge in [-0.15, -0.1) is 11.3 Å². The molecule has 0 aliphatic carbocycles. The van der Waals surface area contributed by atoms with Crippen LogP contribution in [0.5, 0.6) is 0 Å². The van der Waals surface area contributed by atoms with Crippen molar-refractivity contribution in [2.24, 2.45) is 0 Å². The van der Waals surface area contributed by atoms with Crippen molar-refractivity contribution in [3.8, 4) is 0 Å². The molecule has 1 fully saturated rings. The van der Waals surface area contributed by atoms with Crippen molar-refractivity contribution >= 4 is 33.2 Å². The van der Waals surface area contributed by atoms with E-state index in [1.807, 2.05) is 0 Å². The Bertz CT molecular complexity index is 943. The van der Waals surface area contributed by atoms with Crippen molar-refractivity contribution in [3.05, 3.63) is 59.1 Å². The molecule has 0 radical (unpaired) electrons. The normalized spacial score (nSPS) is 15.3. The molecule has 1 aliphatic heterocycles. The molecule has 1 saturated heterocycles. The lowest BCUT2D eigenvalue weighted by atomic mass is 10.0. The molecule has 134 valence electrons. The maximum atomic E-state index is 13.8. The average Bonchev–Trinajstić information content (AvgIpc) is 3.32. The quantitative estimate of drug-likeness (QED) is 0.763. The van der Waals surface area contributed by atoms with Gasteiger partial charge in [-0.1, -0.05) is 6.07 Å². The summed E-state index contributed by atoms with van der Waals surface area (Å²) in [7, 11) is 0. The van der Waals surface area contributed by atoms with Crippen molar-refractivity contribution in [2.75, 3.05) is 13.1 Å². The summed E-state index contributed by atoms with van der Waals surface area (Å²) in [6, 6.07) is 8.09. The van der Waals surface area contributed by atoms with E-state index >= 15 is 0 Å². The molecule has 4 rings (SSSR count). The number of furan rings is 1. The van der Waals surface area contributed by atoms with Crippen molar-refractivity contribution in [1.82, 2.24) is 10.2 Å². The second-order valence-corrected chi connectivity index (χ2v) is 7.40. The van der Waals surface area contributed by atoms with Gasteiger partial charge in [0.25, 0.3) is 11.8 Å². The number of likely N-dealkylation sites (tertiary alicyclic amines) is 1. The Morgan fingerprint density at radius 1 is 1.23 bits per heavy atom. The highest BCUT2D eigenvalue weighted by atomic mass is 32.1. The maximum absolute atomic E-state index is 13.8. The average molecular weight is 372 g/mol. The lowest BCUT2D eigenvalue weighted by Gasteiger charge is -2.32. The predicted octanol–water partition coefficient (Wildman–Crippen LogP) is 3.67. The summed E-state index contributed by atoms with van der Waals surface area (Å²) in [5, 5.41) is 3.48. The molecule has 3 heterocycles. The van der Waals surface area contributed by atoms with Gasteiger partial charge in [0, 0.05) is 29.2 Å². The van der Waals surface area contributed by atoms with Gasteiger partial charge in [0.1, 0.15) is 12.1 Å². The summed E-state index contributed by atoms with van der Waals surface area (Å²) < 4.78 is 19.5. The number of carbonyl (C=O) groups is 2. The molecule has 26 heavy (non-hydrogen) atoms. The van der Waals surface area contributed by atoms with Crippen LogP contribution in [0.4, 0.5) is 4.39 Å². The van der Waals surface area contributed by atoms with E-state index in [2.05, 4.69) is 5.32 Å². The SMILES string of the molecule is O=C(NC1CCN(C(=O)c2ccoc2)CC1)c1cc2c(F)cccc2s1. The van der Waals surface area contributed by atoms with E-state index in [-0.39, 0.29) is 23.7 Å². The van der Waals surface area contributed by atoms with E-state index in [4.69, 9.17) is 4.42 Å². The second kappa shape index (κ2) is 6.92. The van der Waals surface area contributed by atoms with Crippen LogP contribution in [-0.4, -0.2) is 35.8 Å². The Hall–Kier alpha value is -2.67. The number of amides is 2. The molecule has 1 N–H and O–H groups in total. The van der Waals surface area contributed by atoms with Gasteiger partial charge in [0.15, 0.2) is 0 Å². The number of benzene rings is 1. The summed E-state index contributed by atoms with van der Waals surface area (Å²) in [4.78, 5) is 27.0. The van der Waals surface area contributed by atoms with Crippen LogP contribution in [-0.2, 0) is 0 Å². The van der Waals surface area contributed by atoms with Crippen LogP contribution in [0.2, 0.25) is 0 Å². The molecule has 0 bridgehead atoms. The third-order valence-corrected chi connectivity index (χ3v) is 5.72. The number of hydrogen-bond acceptors (Lipinski definition) is 4. The minimum atomic E-state index is -0.316. The number of carbonyl (C=O) groups excluding carboxylic acids is 2. The van der Waals surface area contributed by atoms with Crippen LogP contribution in [0.15, 0.2) is 47.3 Å². The van der Waals surface area contributed by atoms with Crippen molar-refractivity contribution in [3.63, 3.8) is 0 Å². The fourth-order valence-electron chi connectivity index (χ4n) is 3.19. The number of halogens is 1. The van der Waals surface area contributed by atoms with E-state index < -0.39 is 0 Å². The minimum absolute atomic E-state index is 0.00552. The summed E-state index contributed by atoms with van der Waals surface area (Å²) in [5.74, 6) is -0.558. The van der Waals surface area contributed by atoms with E-state index in [1.165, 1.54) is 29.9 Å². The first-order valence-corrected chi connectivity index (χ1v) is 9.24. The van der Waals surface area contributed by atoms with Crippen LogP contribution in [0.1, 0.15) is 32.9 Å². The van der Waals surface area contributed by atoms with Crippen LogP contribution in [0.25, 0.3) is 10.1 Å². The van der Waals surface area contributed by atoms with Crippen LogP contribution >= 0.6 is 11.3 Å². The molecule has 3 aromatic rings. The molecule has 0 atom stereocenters. The molecule has 0 saturated carbocycles. The van der Waals surface area contributed by atoms with Crippen molar-refractivity contribution in [1.29, 1.82) is 0 Å². The Morgan fingerprint density at radius 2 is 2.04 bits per heavy atom. The molecule has 1 aliphatic rings. The number of nitrogens with zero attached hydrogens (tertiary/aromatic N) is 1. The number of fused-ring (bicyclic) bond motifs is 1. The van der Waals surface area contributed by atoms with E-state index in [0.717, 1.165) is 4.70 Å². The van der Waals surface area contributed by atoms with Crippen LogP contribution in [0, 0.1) is 5.82 Å². The van der Waals surface area contributed by atoms with Crippen molar-refractivity contribution in [2.45, 2.75) is 18.9 Å². The molecule has 7 heteroatoms. The number of hydrogen-bond donors (Lipinski definition) is 1. The van der Waals surface area contributed by atoms with Gasteiger partial charge < -0.3 is 14.6 Å². The lowest BCUT2D eigenvalue weighted by Crippen LogP contribution is -2.46. The largest absolute Gasteiger partial charge is 0.472 e. The van der Waals surface area contributed by atoms with Gasteiger partial charge in [-0.05, 0) is 37.1 Å². The molecule has 5 nitrogen and oxygen atoms in total. The molecular weight excluding hydrogens is 355 g/mol. The lowest BCUT2D eigenvalue weighted by molar-refractivity contribution is 0.0697. The van der Waals surface area contributed by atoms with Gasteiger partial charge in [0.2, 0.25) is 0 Å². The summed E-state index contributed by atoms with van der Waals surface area (Å²) in [5.41, 5.74) is 0.541. The molecule has 0 unspecified atom stereocenters. The first-order valence-electron chi connectivity index (χ1n) is 8.42. The number of nitrogens with one attached hydrogen (secondary N) is 1. The molecule has 2 aromatic heterocycles. The summed E-state index contributed by atoms with van der Waals surface area (Å²) in [6.45, 7) is 1.16. The number of rotatable bonds is 3. The molecule has 2 amide bonds. The van der Waals surface area contributed by atoms with Gasteiger partial charge in [-0.25, -0.2) is 4.39 Å². The molecule has 1 aromatic carbocycles. The topological polar surface area (TPSA) is 62.6 Å². The third-order valence-electron chi connectivity index (χ3n) is 4.62. The molecular formula is C19H17FN2O3S. The minimum Gasteiger partial charge on any atom is -0.472 e. The zero-order valence-corrected chi connectivity index (χ0v) is 14.7. The smallest absolute Gasteiger partial charge is 0.261 e. The zero-order valence-electron chi connectivity index (χ0n) is 13.9. The molecule has 0 spiro atoms. The van der Waals surface area contributed by atoms with Gasteiger partial charge in [-0.2, -0.15) is 0 Å². The van der Waals surface area contributed by atoms with E-state index in [0.29, 0.717) is 41.8 Å². The van der Waals surface area contributed by atoms with Gasteiger partial charge in [0.05, 0.1) is 16.7 Å². The van der Waals surface area contributed by atoms with Gasteiger partial charge >= 0.3 is 0 Å². The highest BCUT2D eigenvalue weighted by molar-refractivity contribution is 7.20.